The average molecular weight is 461 g/mol. The third-order valence-corrected chi connectivity index (χ3v) is 5.63. The lowest BCUT2D eigenvalue weighted by atomic mass is 10.1. The maximum atomic E-state index is 13.0. The van der Waals surface area contributed by atoms with Crippen LogP contribution in [0.3, 0.4) is 0 Å². The fraction of sp³-hybridized carbons (Fsp3) is 0.217. The maximum Gasteiger partial charge on any atom is 0.332 e. The molecule has 11 nitrogen and oxygen atoms in total. The number of fused-ring (bicyclic) bond motifs is 1. The number of non-ortho nitro benzene ring substituents is 1. The maximum absolute atomic E-state index is 13.0. The second kappa shape index (κ2) is 8.77. The molecular formula is C23H23N7O4. The summed E-state index contributed by atoms with van der Waals surface area (Å²) in [7, 11) is 2.99. The number of aromatic nitrogens is 4. The number of hydrazone groups is 1. The number of hydrogen-bond donors (Lipinski definition) is 1. The van der Waals surface area contributed by atoms with Gasteiger partial charge in [0, 0.05) is 26.2 Å². The van der Waals surface area contributed by atoms with Gasteiger partial charge in [0.2, 0.25) is 5.95 Å². The Bertz CT molecular complexity index is 1540. The van der Waals surface area contributed by atoms with Crippen molar-refractivity contribution in [1.29, 1.82) is 0 Å². The zero-order valence-corrected chi connectivity index (χ0v) is 19.1. The summed E-state index contributed by atoms with van der Waals surface area (Å²) in [5.41, 5.74) is 5.77. The quantitative estimate of drug-likeness (QED) is 0.267. The van der Waals surface area contributed by atoms with Crippen LogP contribution in [0, 0.1) is 17.0 Å². The van der Waals surface area contributed by atoms with E-state index in [-0.39, 0.29) is 22.8 Å². The first-order valence-corrected chi connectivity index (χ1v) is 10.4. The molecule has 174 valence electrons. The molecule has 4 rings (SSSR count). The smallest absolute Gasteiger partial charge is 0.298 e. The molecule has 2 aromatic heterocycles. The van der Waals surface area contributed by atoms with E-state index in [1.54, 1.807) is 30.7 Å². The van der Waals surface area contributed by atoms with Gasteiger partial charge in [-0.1, -0.05) is 29.8 Å². The van der Waals surface area contributed by atoms with Crippen molar-refractivity contribution >= 4 is 28.5 Å². The van der Waals surface area contributed by atoms with E-state index in [2.05, 4.69) is 15.5 Å². The van der Waals surface area contributed by atoms with Crippen molar-refractivity contribution < 1.29 is 4.92 Å². The molecule has 4 aromatic rings. The minimum atomic E-state index is -0.477. The van der Waals surface area contributed by atoms with Crippen LogP contribution >= 0.6 is 0 Å². The van der Waals surface area contributed by atoms with Crippen LogP contribution in [0.2, 0.25) is 0 Å². The minimum Gasteiger partial charge on any atom is -0.298 e. The van der Waals surface area contributed by atoms with Gasteiger partial charge in [0.15, 0.2) is 11.2 Å². The third-order valence-electron chi connectivity index (χ3n) is 5.63. The number of hydrogen-bond acceptors (Lipinski definition) is 7. The summed E-state index contributed by atoms with van der Waals surface area (Å²) in [6.07, 6.45) is 0. The number of benzene rings is 2. The first kappa shape index (κ1) is 22.6. The van der Waals surface area contributed by atoms with Crippen LogP contribution in [0.25, 0.3) is 11.2 Å². The molecule has 0 unspecified atom stereocenters. The van der Waals surface area contributed by atoms with Crippen molar-refractivity contribution in [2.24, 2.45) is 19.2 Å². The average Bonchev–Trinajstić information content (AvgIpc) is 3.19. The lowest BCUT2D eigenvalue weighted by molar-refractivity contribution is -0.384. The molecule has 34 heavy (non-hydrogen) atoms. The molecule has 0 spiro atoms. The minimum absolute atomic E-state index is 0.0128. The zero-order chi connectivity index (χ0) is 24.6. The van der Waals surface area contributed by atoms with E-state index in [1.165, 1.54) is 23.7 Å². The summed E-state index contributed by atoms with van der Waals surface area (Å²) in [6.45, 7) is 4.07. The first-order chi connectivity index (χ1) is 16.2. The molecular weight excluding hydrogens is 438 g/mol. The fourth-order valence-corrected chi connectivity index (χ4v) is 3.58. The van der Waals surface area contributed by atoms with E-state index >= 15 is 0 Å². The Morgan fingerprint density at radius 2 is 1.71 bits per heavy atom. The number of nitro benzene ring substituents is 1. The normalized spacial score (nSPS) is 11.7. The summed E-state index contributed by atoms with van der Waals surface area (Å²) in [6, 6.07) is 13.9. The Morgan fingerprint density at radius 3 is 2.32 bits per heavy atom. The molecule has 0 radical (unpaired) electrons. The number of rotatable bonds is 6. The number of aryl methyl sites for hydroxylation is 2. The molecule has 0 atom stereocenters. The van der Waals surface area contributed by atoms with Gasteiger partial charge in [0.05, 0.1) is 17.2 Å². The van der Waals surface area contributed by atoms with Crippen molar-refractivity contribution in [2.75, 3.05) is 5.43 Å². The van der Waals surface area contributed by atoms with Gasteiger partial charge in [-0.25, -0.2) is 10.2 Å². The van der Waals surface area contributed by atoms with E-state index in [4.69, 9.17) is 0 Å². The van der Waals surface area contributed by atoms with Crippen LogP contribution in [-0.4, -0.2) is 29.3 Å². The molecule has 0 bridgehead atoms. The Labute approximate surface area is 193 Å². The predicted molar refractivity (Wildman–Crippen MR) is 129 cm³/mol. The first-order valence-electron chi connectivity index (χ1n) is 10.4. The summed E-state index contributed by atoms with van der Waals surface area (Å²) in [5.74, 6) is 0.287. The molecule has 0 aliphatic heterocycles. The second-order valence-corrected chi connectivity index (χ2v) is 8.00. The van der Waals surface area contributed by atoms with Crippen molar-refractivity contribution in [1.82, 2.24) is 18.7 Å². The predicted octanol–water partition coefficient (Wildman–Crippen LogP) is 2.53. The Kier molecular flexibility index (Phi) is 5.84. The molecule has 0 saturated carbocycles. The monoisotopic (exact) mass is 461 g/mol. The topological polar surface area (TPSA) is 129 Å². The summed E-state index contributed by atoms with van der Waals surface area (Å²) < 4.78 is 4.06. The van der Waals surface area contributed by atoms with Gasteiger partial charge in [-0.05, 0) is 37.1 Å². The van der Waals surface area contributed by atoms with Gasteiger partial charge in [0.1, 0.15) is 0 Å². The van der Waals surface area contributed by atoms with Crippen LogP contribution in [-0.2, 0) is 20.6 Å². The highest BCUT2D eigenvalue weighted by Crippen LogP contribution is 2.19. The molecule has 0 saturated heterocycles. The van der Waals surface area contributed by atoms with Crippen LogP contribution in [0.4, 0.5) is 11.6 Å². The highest BCUT2D eigenvalue weighted by molar-refractivity contribution is 5.99. The molecule has 0 amide bonds. The fourth-order valence-electron chi connectivity index (χ4n) is 3.58. The number of anilines is 1. The highest BCUT2D eigenvalue weighted by Gasteiger charge is 2.19. The number of nitrogens with zero attached hydrogens (tertiary/aromatic N) is 6. The lowest BCUT2D eigenvalue weighted by Gasteiger charge is -2.10. The SMILES string of the molecule is CC(=NNc1nc2c(c(=O)n(C)c(=O)n2C)n1Cc1ccc(C)cc1)c1ccc([N+](=O)[O-])cc1. The van der Waals surface area contributed by atoms with Crippen LogP contribution in [0.15, 0.2) is 63.2 Å². The number of nitro groups is 1. The zero-order valence-electron chi connectivity index (χ0n) is 19.1. The Balaban J connectivity index is 1.80. The molecule has 2 aromatic carbocycles. The van der Waals surface area contributed by atoms with Gasteiger partial charge in [-0.2, -0.15) is 10.1 Å². The molecule has 2 heterocycles. The Morgan fingerprint density at radius 1 is 1.06 bits per heavy atom. The van der Waals surface area contributed by atoms with Gasteiger partial charge in [-0.3, -0.25) is 28.6 Å². The second-order valence-electron chi connectivity index (χ2n) is 8.00. The summed E-state index contributed by atoms with van der Waals surface area (Å²) in [4.78, 5) is 40.3. The molecule has 0 aliphatic rings. The van der Waals surface area contributed by atoms with E-state index < -0.39 is 16.2 Å². The summed E-state index contributed by atoms with van der Waals surface area (Å²) >= 11 is 0. The van der Waals surface area contributed by atoms with Crippen molar-refractivity contribution in [2.45, 2.75) is 20.4 Å². The molecule has 0 aliphatic carbocycles. The van der Waals surface area contributed by atoms with E-state index in [0.717, 1.165) is 15.7 Å². The third kappa shape index (κ3) is 4.10. The van der Waals surface area contributed by atoms with Crippen LogP contribution < -0.4 is 16.7 Å². The lowest BCUT2D eigenvalue weighted by Crippen LogP contribution is -2.37. The van der Waals surface area contributed by atoms with E-state index in [1.807, 2.05) is 31.2 Å². The largest absolute Gasteiger partial charge is 0.332 e. The highest BCUT2D eigenvalue weighted by atomic mass is 16.6. The Hall–Kier alpha value is -4.54. The summed E-state index contributed by atoms with van der Waals surface area (Å²) in [5, 5.41) is 15.3. The number of imidazole rings is 1. The van der Waals surface area contributed by atoms with Crippen molar-refractivity contribution in [3.8, 4) is 0 Å². The van der Waals surface area contributed by atoms with Gasteiger partial charge >= 0.3 is 5.69 Å². The van der Waals surface area contributed by atoms with Gasteiger partial charge < -0.3 is 0 Å². The van der Waals surface area contributed by atoms with Crippen LogP contribution in [0.1, 0.15) is 23.6 Å². The standard InChI is InChI=1S/C23H23N7O4/c1-14-5-7-16(8-6-14)13-29-19-20(27(3)23(32)28(4)21(19)31)24-22(29)26-25-15(2)17-9-11-18(12-10-17)30(33)34/h5-12H,13H2,1-4H3,(H,24,26). The van der Waals surface area contributed by atoms with Crippen molar-refractivity contribution in [3.63, 3.8) is 0 Å². The van der Waals surface area contributed by atoms with Gasteiger partial charge in [0.25, 0.3) is 11.2 Å². The molecule has 1 N–H and O–H groups in total. The van der Waals surface area contributed by atoms with E-state index in [0.29, 0.717) is 17.8 Å². The van der Waals surface area contributed by atoms with Crippen molar-refractivity contribution in [3.05, 3.63) is 96.2 Å². The van der Waals surface area contributed by atoms with Crippen LogP contribution in [0.5, 0.6) is 0 Å². The molecule has 0 fully saturated rings. The number of nitrogens with one attached hydrogen (secondary N) is 1. The van der Waals surface area contributed by atoms with Gasteiger partial charge in [-0.15, -0.1) is 0 Å². The molecule has 11 heteroatoms. The van der Waals surface area contributed by atoms with E-state index in [9.17, 15) is 19.7 Å².